The summed E-state index contributed by atoms with van der Waals surface area (Å²) in [5.41, 5.74) is -0.444. The first-order valence-electron chi connectivity index (χ1n) is 3.07. The number of hydrogen-bond donors (Lipinski definition) is 1. The zero-order chi connectivity index (χ0) is 6.48. The van der Waals surface area contributed by atoms with Gasteiger partial charge in [-0.2, -0.15) is 0 Å². The van der Waals surface area contributed by atoms with E-state index in [0.717, 1.165) is 6.42 Å². The second-order valence-electron chi connectivity index (χ2n) is 2.88. The Balaban J connectivity index is 2.19. The SMILES string of the molecule is O=C(O)[C@]12COC[C@@H]1C2. The van der Waals surface area contributed by atoms with Gasteiger partial charge in [0.15, 0.2) is 0 Å². The van der Waals surface area contributed by atoms with E-state index in [1.807, 2.05) is 0 Å². The molecule has 0 aromatic heterocycles. The summed E-state index contributed by atoms with van der Waals surface area (Å²) < 4.78 is 4.99. The zero-order valence-corrected chi connectivity index (χ0v) is 4.96. The Morgan fingerprint density at radius 1 is 1.78 bits per heavy atom. The third-order valence-corrected chi connectivity index (χ3v) is 2.34. The summed E-state index contributed by atoms with van der Waals surface area (Å²) in [6.07, 6.45) is 0.836. The summed E-state index contributed by atoms with van der Waals surface area (Å²) in [4.78, 5) is 10.5. The molecule has 0 spiro atoms. The Kier molecular flexibility index (Phi) is 0.750. The van der Waals surface area contributed by atoms with E-state index in [9.17, 15) is 4.79 Å². The van der Waals surface area contributed by atoms with Gasteiger partial charge in [0.05, 0.1) is 18.6 Å². The van der Waals surface area contributed by atoms with Crippen LogP contribution in [0.1, 0.15) is 6.42 Å². The molecule has 2 atom stereocenters. The molecule has 2 aliphatic rings. The fraction of sp³-hybridized carbons (Fsp3) is 0.833. The minimum absolute atomic E-state index is 0.329. The van der Waals surface area contributed by atoms with Crippen LogP contribution in [0.4, 0.5) is 0 Å². The van der Waals surface area contributed by atoms with Crippen molar-refractivity contribution in [3.63, 3.8) is 0 Å². The normalized spacial score (nSPS) is 46.4. The molecule has 0 radical (unpaired) electrons. The van der Waals surface area contributed by atoms with E-state index in [-0.39, 0.29) is 0 Å². The van der Waals surface area contributed by atoms with Crippen LogP contribution >= 0.6 is 0 Å². The Labute approximate surface area is 52.6 Å². The zero-order valence-electron chi connectivity index (χ0n) is 4.96. The van der Waals surface area contributed by atoms with Crippen LogP contribution in [0.2, 0.25) is 0 Å². The van der Waals surface area contributed by atoms with Gasteiger partial charge >= 0.3 is 5.97 Å². The van der Waals surface area contributed by atoms with E-state index in [4.69, 9.17) is 9.84 Å². The second kappa shape index (κ2) is 1.29. The lowest BCUT2D eigenvalue weighted by molar-refractivity contribution is -0.144. The number of ether oxygens (including phenoxy) is 1. The molecular formula is C6H8O3. The first-order valence-corrected chi connectivity index (χ1v) is 3.07. The Morgan fingerprint density at radius 3 is 2.78 bits per heavy atom. The lowest BCUT2D eigenvalue weighted by atomic mass is 10.1. The topological polar surface area (TPSA) is 46.5 Å². The summed E-state index contributed by atoms with van der Waals surface area (Å²) in [7, 11) is 0. The van der Waals surface area contributed by atoms with Crippen molar-refractivity contribution in [3.8, 4) is 0 Å². The number of fused-ring (bicyclic) bond motifs is 1. The smallest absolute Gasteiger partial charge is 0.312 e. The van der Waals surface area contributed by atoms with Crippen molar-refractivity contribution < 1.29 is 14.6 Å². The summed E-state index contributed by atoms with van der Waals surface area (Å²) in [5, 5.41) is 8.63. The molecule has 1 heterocycles. The molecule has 50 valence electrons. The van der Waals surface area contributed by atoms with E-state index in [0.29, 0.717) is 19.1 Å². The van der Waals surface area contributed by atoms with Gasteiger partial charge in [0.25, 0.3) is 0 Å². The summed E-state index contributed by atoms with van der Waals surface area (Å²) in [6.45, 7) is 1.10. The summed E-state index contributed by atoms with van der Waals surface area (Å²) in [5.74, 6) is -0.347. The Morgan fingerprint density at radius 2 is 2.56 bits per heavy atom. The van der Waals surface area contributed by atoms with Crippen LogP contribution in [-0.4, -0.2) is 24.3 Å². The second-order valence-corrected chi connectivity index (χ2v) is 2.88. The number of rotatable bonds is 1. The molecule has 2 rings (SSSR count). The minimum atomic E-state index is -0.676. The lowest BCUT2D eigenvalue weighted by Gasteiger charge is -2.00. The predicted molar refractivity (Wildman–Crippen MR) is 29.0 cm³/mol. The third kappa shape index (κ3) is 0.477. The molecule has 0 bridgehead atoms. The van der Waals surface area contributed by atoms with Gasteiger partial charge in [0, 0.05) is 5.92 Å². The minimum Gasteiger partial charge on any atom is -0.481 e. The van der Waals surface area contributed by atoms with E-state index in [2.05, 4.69) is 0 Å². The predicted octanol–water partition coefficient (Wildman–Crippen LogP) is 0.108. The van der Waals surface area contributed by atoms with Gasteiger partial charge < -0.3 is 9.84 Å². The molecule has 1 aliphatic heterocycles. The average Bonchev–Trinajstić information content (AvgIpc) is 2.38. The molecule has 9 heavy (non-hydrogen) atoms. The molecule has 2 fully saturated rings. The van der Waals surface area contributed by atoms with Crippen molar-refractivity contribution >= 4 is 5.97 Å². The van der Waals surface area contributed by atoms with Gasteiger partial charge in [-0.25, -0.2) is 0 Å². The van der Waals surface area contributed by atoms with Crippen LogP contribution in [0.3, 0.4) is 0 Å². The molecule has 0 aromatic rings. The highest BCUT2D eigenvalue weighted by Crippen LogP contribution is 2.56. The van der Waals surface area contributed by atoms with Crippen molar-refractivity contribution in [2.45, 2.75) is 6.42 Å². The highest BCUT2D eigenvalue weighted by Gasteiger charge is 2.64. The van der Waals surface area contributed by atoms with Crippen molar-refractivity contribution in [2.24, 2.45) is 11.3 Å². The van der Waals surface area contributed by atoms with Crippen LogP contribution in [-0.2, 0) is 9.53 Å². The van der Waals surface area contributed by atoms with Crippen LogP contribution in [0, 0.1) is 11.3 Å². The van der Waals surface area contributed by atoms with Gasteiger partial charge in [0.1, 0.15) is 0 Å². The molecule has 0 amide bonds. The molecular weight excluding hydrogens is 120 g/mol. The number of hydrogen-bond acceptors (Lipinski definition) is 2. The van der Waals surface area contributed by atoms with Crippen LogP contribution in [0.15, 0.2) is 0 Å². The van der Waals surface area contributed by atoms with Gasteiger partial charge in [0.2, 0.25) is 0 Å². The molecule has 1 N–H and O–H groups in total. The van der Waals surface area contributed by atoms with E-state index >= 15 is 0 Å². The molecule has 1 saturated heterocycles. The number of carboxylic acids is 1. The van der Waals surface area contributed by atoms with E-state index in [1.165, 1.54) is 0 Å². The van der Waals surface area contributed by atoms with Crippen LogP contribution in [0.5, 0.6) is 0 Å². The van der Waals surface area contributed by atoms with Crippen molar-refractivity contribution in [3.05, 3.63) is 0 Å². The quantitative estimate of drug-likeness (QED) is 0.545. The third-order valence-electron chi connectivity index (χ3n) is 2.34. The molecule has 1 aliphatic carbocycles. The number of aliphatic carboxylic acids is 1. The van der Waals surface area contributed by atoms with Gasteiger partial charge in [-0.1, -0.05) is 0 Å². The average molecular weight is 128 g/mol. The Hall–Kier alpha value is -0.570. The van der Waals surface area contributed by atoms with E-state index in [1.54, 1.807) is 0 Å². The largest absolute Gasteiger partial charge is 0.481 e. The number of carboxylic acid groups (broad SMARTS) is 1. The Bertz CT molecular complexity index is 166. The lowest BCUT2D eigenvalue weighted by Crippen LogP contribution is -2.18. The highest BCUT2D eigenvalue weighted by molar-refractivity contribution is 5.79. The van der Waals surface area contributed by atoms with Crippen LogP contribution in [0.25, 0.3) is 0 Å². The molecule has 3 nitrogen and oxygen atoms in total. The summed E-state index contributed by atoms with van der Waals surface area (Å²) in [6, 6.07) is 0. The van der Waals surface area contributed by atoms with Crippen LogP contribution < -0.4 is 0 Å². The summed E-state index contributed by atoms with van der Waals surface area (Å²) >= 11 is 0. The first kappa shape index (κ1) is 5.23. The molecule has 1 saturated carbocycles. The monoisotopic (exact) mass is 128 g/mol. The maximum absolute atomic E-state index is 10.5. The fourth-order valence-corrected chi connectivity index (χ4v) is 1.48. The van der Waals surface area contributed by atoms with Gasteiger partial charge in [-0.15, -0.1) is 0 Å². The standard InChI is InChI=1S/C6H8O3/c7-5(8)6-1-4(6)2-9-3-6/h4H,1-3H2,(H,7,8)/t4-,6+/m0/s1. The van der Waals surface area contributed by atoms with Crippen molar-refractivity contribution in [1.82, 2.24) is 0 Å². The maximum atomic E-state index is 10.5. The fourth-order valence-electron chi connectivity index (χ4n) is 1.48. The molecule has 0 unspecified atom stereocenters. The van der Waals surface area contributed by atoms with Gasteiger partial charge in [-0.3, -0.25) is 4.79 Å². The van der Waals surface area contributed by atoms with Crippen molar-refractivity contribution in [1.29, 1.82) is 0 Å². The molecule has 3 heteroatoms. The van der Waals surface area contributed by atoms with Crippen molar-refractivity contribution in [2.75, 3.05) is 13.2 Å². The van der Waals surface area contributed by atoms with Gasteiger partial charge in [-0.05, 0) is 6.42 Å². The first-order chi connectivity index (χ1) is 4.26. The number of carbonyl (C=O) groups is 1. The molecule has 0 aromatic carbocycles. The highest BCUT2D eigenvalue weighted by atomic mass is 16.5. The van der Waals surface area contributed by atoms with E-state index < -0.39 is 11.4 Å². The maximum Gasteiger partial charge on any atom is 0.312 e.